The van der Waals surface area contributed by atoms with Crippen LogP contribution in [-0.4, -0.2) is 30.2 Å². The maximum absolute atomic E-state index is 12.3. The van der Waals surface area contributed by atoms with Crippen LogP contribution in [0.25, 0.3) is 0 Å². The van der Waals surface area contributed by atoms with Crippen molar-refractivity contribution in [3.63, 3.8) is 0 Å². The zero-order valence-corrected chi connectivity index (χ0v) is 8.03. The average Bonchev–Trinajstić information content (AvgIpc) is 2.27. The second-order valence-electron chi connectivity index (χ2n) is 2.45. The van der Waals surface area contributed by atoms with Crippen molar-refractivity contribution in [3.05, 3.63) is 17.6 Å². The first-order valence-corrected chi connectivity index (χ1v) is 3.87. The van der Waals surface area contributed by atoms with Gasteiger partial charge in [-0.3, -0.25) is 0 Å². The minimum Gasteiger partial charge on any atom is -0.479 e. The quantitative estimate of drug-likeness (QED) is 0.713. The van der Waals surface area contributed by atoms with Gasteiger partial charge in [-0.2, -0.15) is 0 Å². The van der Waals surface area contributed by atoms with Crippen molar-refractivity contribution in [2.45, 2.75) is 6.43 Å². The van der Waals surface area contributed by atoms with Gasteiger partial charge in [0.15, 0.2) is 0 Å². The summed E-state index contributed by atoms with van der Waals surface area (Å²) in [5.41, 5.74) is -0.964. The Balaban J connectivity index is 3.19. The summed E-state index contributed by atoms with van der Waals surface area (Å²) < 4.78 is 33.5. The summed E-state index contributed by atoms with van der Waals surface area (Å²) in [6.07, 6.45) is -1.96. The van der Waals surface area contributed by atoms with Gasteiger partial charge in [-0.05, 0) is 0 Å². The molecule has 1 aromatic rings. The van der Waals surface area contributed by atoms with Crippen LogP contribution in [0.3, 0.4) is 0 Å². The fourth-order valence-electron chi connectivity index (χ4n) is 0.876. The van der Waals surface area contributed by atoms with E-state index in [1.807, 2.05) is 0 Å². The van der Waals surface area contributed by atoms with Crippen LogP contribution in [-0.2, 0) is 4.74 Å². The number of methoxy groups -OCH3 is 2. The SMILES string of the molecule is COC(=O)c1nc(C(F)F)cnc1OC. The highest BCUT2D eigenvalue weighted by atomic mass is 19.3. The smallest absolute Gasteiger partial charge is 0.362 e. The standard InChI is InChI=1S/C8H8F2N2O3/c1-14-7-5(8(13)15-2)12-4(3-11-7)6(9)10/h3,6H,1-2H3. The summed E-state index contributed by atoms with van der Waals surface area (Å²) in [5, 5.41) is 0. The molecule has 5 nitrogen and oxygen atoms in total. The summed E-state index contributed by atoms with van der Waals surface area (Å²) >= 11 is 0. The highest BCUT2D eigenvalue weighted by Gasteiger charge is 2.20. The highest BCUT2D eigenvalue weighted by molar-refractivity contribution is 5.89. The minimum atomic E-state index is -2.80. The van der Waals surface area contributed by atoms with Crippen molar-refractivity contribution in [1.29, 1.82) is 0 Å². The lowest BCUT2D eigenvalue weighted by Gasteiger charge is -2.06. The first-order valence-electron chi connectivity index (χ1n) is 3.87. The van der Waals surface area contributed by atoms with E-state index in [9.17, 15) is 13.6 Å². The molecule has 1 aromatic heterocycles. The molecule has 0 aromatic carbocycles. The molecule has 0 atom stereocenters. The summed E-state index contributed by atoms with van der Waals surface area (Å²) in [6.45, 7) is 0. The van der Waals surface area contributed by atoms with Crippen molar-refractivity contribution in [2.24, 2.45) is 0 Å². The zero-order valence-electron chi connectivity index (χ0n) is 8.03. The fourth-order valence-corrected chi connectivity index (χ4v) is 0.876. The molecule has 0 radical (unpaired) electrons. The van der Waals surface area contributed by atoms with E-state index in [4.69, 9.17) is 0 Å². The topological polar surface area (TPSA) is 61.3 Å². The number of aromatic nitrogens is 2. The first-order chi connectivity index (χ1) is 7.10. The van der Waals surface area contributed by atoms with Gasteiger partial charge in [0.2, 0.25) is 11.6 Å². The molecule has 0 saturated carbocycles. The van der Waals surface area contributed by atoms with Crippen molar-refractivity contribution < 1.29 is 23.0 Å². The molecule has 7 heteroatoms. The van der Waals surface area contributed by atoms with Crippen molar-refractivity contribution in [1.82, 2.24) is 9.97 Å². The van der Waals surface area contributed by atoms with Gasteiger partial charge < -0.3 is 9.47 Å². The van der Waals surface area contributed by atoms with Gasteiger partial charge in [-0.25, -0.2) is 23.5 Å². The number of carbonyl (C=O) groups excluding carboxylic acids is 1. The monoisotopic (exact) mass is 218 g/mol. The number of rotatable bonds is 3. The van der Waals surface area contributed by atoms with Gasteiger partial charge in [0, 0.05) is 0 Å². The van der Waals surface area contributed by atoms with Crippen LogP contribution in [0.15, 0.2) is 6.20 Å². The number of hydrogen-bond donors (Lipinski definition) is 0. The lowest BCUT2D eigenvalue weighted by atomic mass is 10.4. The van der Waals surface area contributed by atoms with E-state index in [1.165, 1.54) is 7.11 Å². The molecule has 15 heavy (non-hydrogen) atoms. The Morgan fingerprint density at radius 1 is 1.47 bits per heavy atom. The van der Waals surface area contributed by atoms with Crippen molar-refractivity contribution >= 4 is 5.97 Å². The number of nitrogens with zero attached hydrogens (tertiary/aromatic N) is 2. The van der Waals surface area contributed by atoms with Crippen molar-refractivity contribution in [3.8, 4) is 5.88 Å². The summed E-state index contributed by atoms with van der Waals surface area (Å²) in [6, 6.07) is 0. The molecular formula is C8H8F2N2O3. The van der Waals surface area contributed by atoms with Crippen LogP contribution >= 0.6 is 0 Å². The van der Waals surface area contributed by atoms with Gasteiger partial charge >= 0.3 is 5.97 Å². The number of halogens is 2. The molecule has 0 fully saturated rings. The number of esters is 1. The fraction of sp³-hybridized carbons (Fsp3) is 0.375. The highest BCUT2D eigenvalue weighted by Crippen LogP contribution is 2.20. The summed E-state index contributed by atoms with van der Waals surface area (Å²) in [5.74, 6) is -1.02. The van der Waals surface area contributed by atoms with E-state index >= 15 is 0 Å². The van der Waals surface area contributed by atoms with E-state index < -0.39 is 18.1 Å². The molecule has 0 aliphatic carbocycles. The van der Waals surface area contributed by atoms with Gasteiger partial charge in [0.05, 0.1) is 20.4 Å². The zero-order chi connectivity index (χ0) is 11.4. The predicted molar refractivity (Wildman–Crippen MR) is 44.9 cm³/mol. The Morgan fingerprint density at radius 2 is 2.13 bits per heavy atom. The largest absolute Gasteiger partial charge is 0.479 e. The molecule has 0 bridgehead atoms. The second kappa shape index (κ2) is 4.63. The Bertz CT molecular complexity index is 371. The van der Waals surface area contributed by atoms with Crippen LogP contribution in [0, 0.1) is 0 Å². The molecule has 0 amide bonds. The van der Waals surface area contributed by atoms with Crippen LogP contribution < -0.4 is 4.74 Å². The number of alkyl halides is 2. The van der Waals surface area contributed by atoms with E-state index in [1.54, 1.807) is 0 Å². The minimum absolute atomic E-state index is 0.147. The van der Waals surface area contributed by atoms with Crippen LogP contribution in [0.4, 0.5) is 8.78 Å². The second-order valence-corrected chi connectivity index (χ2v) is 2.45. The van der Waals surface area contributed by atoms with Crippen LogP contribution in [0.5, 0.6) is 5.88 Å². The normalized spacial score (nSPS) is 10.2. The maximum atomic E-state index is 12.3. The molecule has 0 unspecified atom stereocenters. The van der Waals surface area contributed by atoms with E-state index in [0.29, 0.717) is 0 Å². The molecule has 0 N–H and O–H groups in total. The molecule has 1 rings (SSSR count). The maximum Gasteiger partial charge on any atom is 0.362 e. The van der Waals surface area contributed by atoms with Gasteiger partial charge in [-0.15, -0.1) is 0 Å². The third-order valence-electron chi connectivity index (χ3n) is 1.55. The van der Waals surface area contributed by atoms with E-state index in [-0.39, 0.29) is 11.6 Å². The number of ether oxygens (including phenoxy) is 2. The third kappa shape index (κ3) is 2.36. The molecular weight excluding hydrogens is 210 g/mol. The van der Waals surface area contributed by atoms with Crippen LogP contribution in [0.1, 0.15) is 22.6 Å². The first kappa shape index (κ1) is 11.3. The van der Waals surface area contributed by atoms with E-state index in [0.717, 1.165) is 13.3 Å². The Morgan fingerprint density at radius 3 is 2.60 bits per heavy atom. The molecule has 0 saturated heterocycles. The van der Waals surface area contributed by atoms with E-state index in [2.05, 4.69) is 19.4 Å². The Hall–Kier alpha value is -1.79. The lowest BCUT2D eigenvalue weighted by molar-refractivity contribution is 0.0587. The van der Waals surface area contributed by atoms with Crippen molar-refractivity contribution in [2.75, 3.05) is 14.2 Å². The number of carbonyl (C=O) groups is 1. The molecule has 0 aliphatic rings. The molecule has 0 spiro atoms. The Kier molecular flexibility index (Phi) is 3.48. The predicted octanol–water partition coefficient (Wildman–Crippen LogP) is 1.21. The third-order valence-corrected chi connectivity index (χ3v) is 1.55. The Labute approximate surface area is 84.1 Å². The average molecular weight is 218 g/mol. The van der Waals surface area contributed by atoms with Gasteiger partial charge in [0.1, 0.15) is 5.69 Å². The summed E-state index contributed by atoms with van der Waals surface area (Å²) in [7, 11) is 2.36. The molecule has 82 valence electrons. The number of hydrogen-bond acceptors (Lipinski definition) is 5. The van der Waals surface area contributed by atoms with Gasteiger partial charge in [0.25, 0.3) is 6.43 Å². The molecule has 0 aliphatic heterocycles. The molecule has 1 heterocycles. The lowest BCUT2D eigenvalue weighted by Crippen LogP contribution is -2.10. The van der Waals surface area contributed by atoms with Gasteiger partial charge in [-0.1, -0.05) is 0 Å². The van der Waals surface area contributed by atoms with Crippen LogP contribution in [0.2, 0.25) is 0 Å². The summed E-state index contributed by atoms with van der Waals surface area (Å²) in [4.78, 5) is 18.0.